The fraction of sp³-hybridized carbons (Fsp3) is 0.471. The van der Waals surface area contributed by atoms with Crippen molar-refractivity contribution in [3.8, 4) is 0 Å². The number of hydrogen-bond acceptors (Lipinski definition) is 3. The summed E-state index contributed by atoms with van der Waals surface area (Å²) < 4.78 is 1.92. The van der Waals surface area contributed by atoms with Crippen LogP contribution in [0.4, 0.5) is 0 Å². The zero-order chi connectivity index (χ0) is 15.2. The summed E-state index contributed by atoms with van der Waals surface area (Å²) in [6.07, 6.45) is 10.1. The van der Waals surface area contributed by atoms with Crippen molar-refractivity contribution < 1.29 is 4.79 Å². The quantitative estimate of drug-likeness (QED) is 0.822. The maximum atomic E-state index is 12.5. The molecule has 5 heteroatoms. The summed E-state index contributed by atoms with van der Waals surface area (Å²) in [7, 11) is 0. The van der Waals surface area contributed by atoms with Gasteiger partial charge in [0, 0.05) is 37.3 Å². The molecule has 1 amide bonds. The van der Waals surface area contributed by atoms with Crippen LogP contribution in [0.2, 0.25) is 0 Å². The van der Waals surface area contributed by atoms with E-state index in [2.05, 4.69) is 10.1 Å². The molecule has 0 bridgehead atoms. The van der Waals surface area contributed by atoms with Crippen LogP contribution in [0.3, 0.4) is 0 Å². The molecule has 1 fully saturated rings. The van der Waals surface area contributed by atoms with Crippen molar-refractivity contribution in [1.29, 1.82) is 0 Å². The molecule has 0 spiro atoms. The monoisotopic (exact) mass is 298 g/mol. The van der Waals surface area contributed by atoms with Crippen molar-refractivity contribution in [3.63, 3.8) is 0 Å². The van der Waals surface area contributed by atoms with Gasteiger partial charge < -0.3 is 4.90 Å². The highest BCUT2D eigenvalue weighted by molar-refractivity contribution is 5.76. The van der Waals surface area contributed by atoms with Crippen LogP contribution < -0.4 is 0 Å². The van der Waals surface area contributed by atoms with Crippen molar-refractivity contribution in [2.45, 2.75) is 44.7 Å². The molecule has 116 valence electrons. The molecule has 1 saturated heterocycles. The highest BCUT2D eigenvalue weighted by Gasteiger charge is 2.28. The lowest BCUT2D eigenvalue weighted by molar-refractivity contribution is -0.132. The van der Waals surface area contributed by atoms with E-state index in [9.17, 15) is 4.79 Å². The number of rotatable bonds is 6. The molecule has 1 aliphatic rings. The summed E-state index contributed by atoms with van der Waals surface area (Å²) in [4.78, 5) is 18.8. The molecule has 0 N–H and O–H groups in total. The summed E-state index contributed by atoms with van der Waals surface area (Å²) in [6.45, 7) is 1.69. The van der Waals surface area contributed by atoms with Crippen LogP contribution in [0.25, 0.3) is 0 Å². The number of amides is 1. The number of carbonyl (C=O) groups excluding carboxylic acids is 1. The van der Waals surface area contributed by atoms with Crippen molar-refractivity contribution in [1.82, 2.24) is 19.7 Å². The summed E-state index contributed by atoms with van der Waals surface area (Å²) >= 11 is 0. The Morgan fingerprint density at radius 1 is 1.27 bits per heavy atom. The normalized spacial score (nSPS) is 17.8. The lowest BCUT2D eigenvalue weighted by Gasteiger charge is -2.24. The second kappa shape index (κ2) is 7.20. The topological polar surface area (TPSA) is 51.0 Å². The molecule has 5 nitrogen and oxygen atoms in total. The van der Waals surface area contributed by atoms with E-state index in [1.54, 1.807) is 12.4 Å². The number of nitrogens with zero attached hydrogens (tertiary/aromatic N) is 4. The van der Waals surface area contributed by atoms with Gasteiger partial charge in [-0.3, -0.25) is 14.5 Å². The number of likely N-dealkylation sites (tertiary alicyclic amines) is 1. The highest BCUT2D eigenvalue weighted by Crippen LogP contribution is 2.20. The Kier molecular flexibility index (Phi) is 4.83. The van der Waals surface area contributed by atoms with Gasteiger partial charge >= 0.3 is 0 Å². The van der Waals surface area contributed by atoms with Gasteiger partial charge in [-0.25, -0.2) is 0 Å². The Labute approximate surface area is 131 Å². The zero-order valence-electron chi connectivity index (χ0n) is 12.8. The van der Waals surface area contributed by atoms with Crippen LogP contribution >= 0.6 is 0 Å². The van der Waals surface area contributed by atoms with Gasteiger partial charge in [0.05, 0.1) is 12.6 Å². The second-order valence-electron chi connectivity index (χ2n) is 5.79. The zero-order valence-corrected chi connectivity index (χ0v) is 12.8. The molecule has 1 aliphatic heterocycles. The molecule has 0 aromatic carbocycles. The third-order valence-corrected chi connectivity index (χ3v) is 4.20. The summed E-state index contributed by atoms with van der Waals surface area (Å²) in [5, 5.41) is 4.25. The van der Waals surface area contributed by atoms with Gasteiger partial charge in [0.2, 0.25) is 5.91 Å². The van der Waals surface area contributed by atoms with Crippen molar-refractivity contribution in [2.75, 3.05) is 6.54 Å². The van der Waals surface area contributed by atoms with Crippen molar-refractivity contribution >= 4 is 5.91 Å². The Hall–Kier alpha value is -2.17. The standard InChI is InChI=1S/C17H22N4O/c22-17(9-3-7-15-6-1-2-10-18-15)21-13-4-8-16(21)14-20-12-5-11-19-20/h1-2,5-6,10-12,16H,3-4,7-9,13-14H2/t16-/m0/s1. The summed E-state index contributed by atoms with van der Waals surface area (Å²) in [5.74, 6) is 0.269. The first kappa shape index (κ1) is 14.8. The number of aryl methyl sites for hydroxylation is 1. The van der Waals surface area contributed by atoms with Gasteiger partial charge in [-0.15, -0.1) is 0 Å². The lowest BCUT2D eigenvalue weighted by Crippen LogP contribution is -2.38. The maximum absolute atomic E-state index is 12.5. The molecule has 3 rings (SSSR count). The molecular formula is C17H22N4O. The average molecular weight is 298 g/mol. The Bertz CT molecular complexity index is 582. The summed E-state index contributed by atoms with van der Waals surface area (Å²) in [5.41, 5.74) is 1.06. The molecule has 22 heavy (non-hydrogen) atoms. The van der Waals surface area contributed by atoms with Crippen molar-refractivity contribution in [3.05, 3.63) is 48.5 Å². The maximum Gasteiger partial charge on any atom is 0.222 e. The first-order chi connectivity index (χ1) is 10.8. The fourth-order valence-electron chi connectivity index (χ4n) is 3.09. The predicted octanol–water partition coefficient (Wildman–Crippen LogP) is 2.29. The Morgan fingerprint density at radius 3 is 3.00 bits per heavy atom. The van der Waals surface area contributed by atoms with E-state index in [0.717, 1.165) is 44.5 Å². The van der Waals surface area contributed by atoms with E-state index in [4.69, 9.17) is 0 Å². The van der Waals surface area contributed by atoms with Gasteiger partial charge in [-0.2, -0.15) is 5.10 Å². The Morgan fingerprint density at radius 2 is 2.23 bits per heavy atom. The van der Waals surface area contributed by atoms with Crippen LogP contribution in [-0.4, -0.2) is 38.2 Å². The van der Waals surface area contributed by atoms with Crippen molar-refractivity contribution in [2.24, 2.45) is 0 Å². The van der Waals surface area contributed by atoms with Crippen LogP contribution in [0.5, 0.6) is 0 Å². The number of carbonyl (C=O) groups is 1. The third kappa shape index (κ3) is 3.72. The molecule has 2 aromatic rings. The molecule has 2 aromatic heterocycles. The van der Waals surface area contributed by atoms with Gasteiger partial charge in [-0.1, -0.05) is 6.07 Å². The van der Waals surface area contributed by atoms with E-state index in [-0.39, 0.29) is 5.91 Å². The smallest absolute Gasteiger partial charge is 0.222 e. The van der Waals surface area contributed by atoms with E-state index in [1.807, 2.05) is 40.0 Å². The Balaban J connectivity index is 1.48. The first-order valence-electron chi connectivity index (χ1n) is 8.00. The van der Waals surface area contributed by atoms with E-state index in [0.29, 0.717) is 12.5 Å². The minimum Gasteiger partial charge on any atom is -0.338 e. The predicted molar refractivity (Wildman–Crippen MR) is 84.1 cm³/mol. The van der Waals surface area contributed by atoms with Gasteiger partial charge in [0.15, 0.2) is 0 Å². The second-order valence-corrected chi connectivity index (χ2v) is 5.79. The molecule has 3 heterocycles. The molecule has 0 unspecified atom stereocenters. The fourth-order valence-corrected chi connectivity index (χ4v) is 3.09. The van der Waals surface area contributed by atoms with Crippen LogP contribution in [0.1, 0.15) is 31.4 Å². The average Bonchev–Trinajstić information content (AvgIpc) is 3.20. The molecule has 1 atom stereocenters. The van der Waals surface area contributed by atoms with Gasteiger partial charge in [0.1, 0.15) is 0 Å². The number of hydrogen-bond donors (Lipinski definition) is 0. The van der Waals surface area contributed by atoms with E-state index >= 15 is 0 Å². The van der Waals surface area contributed by atoms with Crippen LogP contribution in [0.15, 0.2) is 42.9 Å². The minimum atomic E-state index is 0.269. The lowest BCUT2D eigenvalue weighted by atomic mass is 10.1. The SMILES string of the molecule is O=C(CCCc1ccccn1)N1CCC[C@H]1Cn1cccn1. The number of aromatic nitrogens is 3. The van der Waals surface area contributed by atoms with E-state index in [1.165, 1.54) is 0 Å². The highest BCUT2D eigenvalue weighted by atomic mass is 16.2. The van der Waals surface area contributed by atoms with Crippen LogP contribution in [-0.2, 0) is 17.8 Å². The number of pyridine rings is 1. The third-order valence-electron chi connectivity index (χ3n) is 4.20. The van der Waals surface area contributed by atoms with E-state index < -0.39 is 0 Å². The first-order valence-corrected chi connectivity index (χ1v) is 8.00. The summed E-state index contributed by atoms with van der Waals surface area (Å²) in [6, 6.07) is 8.14. The van der Waals surface area contributed by atoms with Gasteiger partial charge in [-0.05, 0) is 43.9 Å². The minimum absolute atomic E-state index is 0.269. The molecule has 0 aliphatic carbocycles. The largest absolute Gasteiger partial charge is 0.338 e. The molecular weight excluding hydrogens is 276 g/mol. The van der Waals surface area contributed by atoms with Crippen LogP contribution in [0, 0.1) is 0 Å². The molecule has 0 saturated carbocycles. The molecule has 0 radical (unpaired) electrons. The van der Waals surface area contributed by atoms with Gasteiger partial charge in [0.25, 0.3) is 0 Å².